The van der Waals surface area contributed by atoms with Gasteiger partial charge in [0.05, 0.1) is 18.9 Å². The van der Waals surface area contributed by atoms with Crippen LogP contribution in [0, 0.1) is 5.82 Å². The first kappa shape index (κ1) is 13.0. The van der Waals surface area contributed by atoms with Gasteiger partial charge < -0.3 is 13.6 Å². The molecule has 0 bridgehead atoms. The Balaban J connectivity index is 1.99. The van der Waals surface area contributed by atoms with Gasteiger partial charge in [0, 0.05) is 5.56 Å². The number of methoxy groups -OCH3 is 1. The number of hydrogen-bond donors (Lipinski definition) is 0. The zero-order valence-corrected chi connectivity index (χ0v) is 10.9. The number of carbonyl (C=O) groups excluding carboxylic acids is 1. The summed E-state index contributed by atoms with van der Waals surface area (Å²) in [6, 6.07) is 7.22. The number of ether oxygens (including phenoxy) is 1. The summed E-state index contributed by atoms with van der Waals surface area (Å²) in [5.41, 5.74) is 0.204. The third-order valence-electron chi connectivity index (χ3n) is 2.78. The summed E-state index contributed by atoms with van der Waals surface area (Å²) in [7, 11) is 1.18. The third-order valence-corrected chi connectivity index (χ3v) is 2.78. The lowest BCUT2D eigenvalue weighted by Gasteiger charge is -2.02. The lowest BCUT2D eigenvalue weighted by atomic mass is 10.1. The van der Waals surface area contributed by atoms with Crippen LogP contribution in [0.2, 0.25) is 0 Å². The zero-order chi connectivity index (χ0) is 14.8. The van der Waals surface area contributed by atoms with E-state index in [4.69, 9.17) is 8.83 Å². The van der Waals surface area contributed by atoms with Crippen LogP contribution in [0.25, 0.3) is 23.1 Å². The number of rotatable bonds is 3. The van der Waals surface area contributed by atoms with Gasteiger partial charge in [0.2, 0.25) is 5.89 Å². The molecule has 0 saturated carbocycles. The van der Waals surface area contributed by atoms with E-state index in [9.17, 15) is 9.18 Å². The van der Waals surface area contributed by atoms with Crippen molar-refractivity contribution in [2.24, 2.45) is 0 Å². The molecule has 7 heteroatoms. The van der Waals surface area contributed by atoms with Gasteiger partial charge in [-0.05, 0) is 30.3 Å². The van der Waals surface area contributed by atoms with Gasteiger partial charge in [0.25, 0.3) is 5.89 Å². The van der Waals surface area contributed by atoms with Gasteiger partial charge in [-0.3, -0.25) is 0 Å². The van der Waals surface area contributed by atoms with E-state index < -0.39 is 11.8 Å². The van der Waals surface area contributed by atoms with Crippen molar-refractivity contribution in [1.29, 1.82) is 0 Å². The zero-order valence-electron chi connectivity index (χ0n) is 10.9. The van der Waals surface area contributed by atoms with E-state index in [1.165, 1.54) is 25.5 Å². The summed E-state index contributed by atoms with van der Waals surface area (Å²) in [5, 5.41) is 7.68. The molecule has 0 saturated heterocycles. The first-order chi connectivity index (χ1) is 10.2. The Labute approximate surface area is 118 Å². The molecule has 0 N–H and O–H groups in total. The van der Waals surface area contributed by atoms with E-state index in [0.29, 0.717) is 11.3 Å². The summed E-state index contributed by atoms with van der Waals surface area (Å²) in [5.74, 6) is -0.703. The van der Waals surface area contributed by atoms with Crippen molar-refractivity contribution in [1.82, 2.24) is 10.2 Å². The van der Waals surface area contributed by atoms with Gasteiger partial charge in [0.1, 0.15) is 5.82 Å². The summed E-state index contributed by atoms with van der Waals surface area (Å²) < 4.78 is 28.6. The molecule has 3 aromatic rings. The first-order valence-corrected chi connectivity index (χ1v) is 5.94. The molecular weight excluding hydrogens is 279 g/mol. The Bertz CT molecular complexity index is 780. The van der Waals surface area contributed by atoms with Gasteiger partial charge in [-0.1, -0.05) is 0 Å². The number of carbonyl (C=O) groups is 1. The van der Waals surface area contributed by atoms with Gasteiger partial charge in [-0.25, -0.2) is 9.18 Å². The largest absolute Gasteiger partial charge is 0.465 e. The first-order valence-electron chi connectivity index (χ1n) is 5.94. The molecule has 21 heavy (non-hydrogen) atoms. The maximum atomic E-state index is 13.6. The predicted octanol–water partition coefficient (Wildman–Crippen LogP) is 2.92. The number of halogens is 1. The SMILES string of the molecule is COC(=O)c1cc(-c2nnc(-c3ccco3)o2)ccc1F. The highest BCUT2D eigenvalue weighted by Gasteiger charge is 2.17. The van der Waals surface area contributed by atoms with E-state index in [-0.39, 0.29) is 17.3 Å². The minimum absolute atomic E-state index is 0.145. The predicted molar refractivity (Wildman–Crippen MR) is 68.7 cm³/mol. The van der Waals surface area contributed by atoms with Crippen LogP contribution in [0.3, 0.4) is 0 Å². The van der Waals surface area contributed by atoms with E-state index in [0.717, 1.165) is 6.07 Å². The van der Waals surface area contributed by atoms with E-state index in [1.807, 2.05) is 0 Å². The van der Waals surface area contributed by atoms with Crippen molar-refractivity contribution in [2.75, 3.05) is 7.11 Å². The minimum Gasteiger partial charge on any atom is -0.465 e. The molecule has 2 heterocycles. The second kappa shape index (κ2) is 5.20. The van der Waals surface area contributed by atoms with Crippen molar-refractivity contribution in [3.05, 3.63) is 48.0 Å². The Morgan fingerprint density at radius 2 is 2.05 bits per heavy atom. The van der Waals surface area contributed by atoms with E-state index >= 15 is 0 Å². The average Bonchev–Trinajstić information content (AvgIpc) is 3.17. The second-order valence-corrected chi connectivity index (χ2v) is 4.08. The summed E-state index contributed by atoms with van der Waals surface area (Å²) in [4.78, 5) is 11.5. The van der Waals surface area contributed by atoms with Crippen LogP contribution in [0.5, 0.6) is 0 Å². The van der Waals surface area contributed by atoms with Crippen molar-refractivity contribution in [3.8, 4) is 23.1 Å². The summed E-state index contributed by atoms with van der Waals surface area (Å²) in [6.45, 7) is 0. The Morgan fingerprint density at radius 3 is 2.76 bits per heavy atom. The summed E-state index contributed by atoms with van der Waals surface area (Å²) in [6.07, 6.45) is 1.48. The molecular formula is C14H9FN2O4. The van der Waals surface area contributed by atoms with Crippen LogP contribution in [0.1, 0.15) is 10.4 Å². The monoisotopic (exact) mass is 288 g/mol. The molecule has 0 aliphatic rings. The van der Waals surface area contributed by atoms with Crippen LogP contribution in [0.4, 0.5) is 4.39 Å². The molecule has 0 atom stereocenters. The lowest BCUT2D eigenvalue weighted by molar-refractivity contribution is 0.0595. The van der Waals surface area contributed by atoms with Gasteiger partial charge in [-0.15, -0.1) is 10.2 Å². The van der Waals surface area contributed by atoms with Gasteiger partial charge >= 0.3 is 5.97 Å². The summed E-state index contributed by atoms with van der Waals surface area (Å²) >= 11 is 0. The van der Waals surface area contributed by atoms with Crippen LogP contribution in [-0.4, -0.2) is 23.3 Å². The Morgan fingerprint density at radius 1 is 1.24 bits per heavy atom. The van der Waals surface area contributed by atoms with Gasteiger partial charge in [0.15, 0.2) is 5.76 Å². The van der Waals surface area contributed by atoms with Crippen LogP contribution >= 0.6 is 0 Å². The second-order valence-electron chi connectivity index (χ2n) is 4.08. The highest BCUT2D eigenvalue weighted by atomic mass is 19.1. The molecule has 1 aromatic carbocycles. The highest BCUT2D eigenvalue weighted by molar-refractivity contribution is 5.90. The molecule has 0 unspecified atom stereocenters. The standard InChI is InChI=1S/C14H9FN2O4/c1-19-14(18)9-7-8(4-5-10(9)15)12-16-17-13(21-12)11-3-2-6-20-11/h2-7H,1H3. The molecule has 0 aliphatic carbocycles. The normalized spacial score (nSPS) is 10.6. The topological polar surface area (TPSA) is 78.4 Å². The Kier molecular flexibility index (Phi) is 3.23. The minimum atomic E-state index is -0.778. The van der Waals surface area contributed by atoms with E-state index in [2.05, 4.69) is 14.9 Å². The maximum absolute atomic E-state index is 13.6. The number of benzene rings is 1. The van der Waals surface area contributed by atoms with Gasteiger partial charge in [-0.2, -0.15) is 0 Å². The van der Waals surface area contributed by atoms with E-state index in [1.54, 1.807) is 12.1 Å². The van der Waals surface area contributed by atoms with Crippen LogP contribution in [0.15, 0.2) is 45.4 Å². The fourth-order valence-electron chi connectivity index (χ4n) is 1.76. The Hall–Kier alpha value is -2.96. The number of nitrogens with zero attached hydrogens (tertiary/aromatic N) is 2. The third kappa shape index (κ3) is 2.40. The fourth-order valence-corrected chi connectivity index (χ4v) is 1.76. The van der Waals surface area contributed by atoms with Crippen molar-refractivity contribution < 1.29 is 22.8 Å². The molecule has 106 valence electrons. The quantitative estimate of drug-likeness (QED) is 0.689. The number of hydrogen-bond acceptors (Lipinski definition) is 6. The molecule has 0 aliphatic heterocycles. The molecule has 0 fully saturated rings. The number of aromatic nitrogens is 2. The highest BCUT2D eigenvalue weighted by Crippen LogP contribution is 2.25. The lowest BCUT2D eigenvalue weighted by Crippen LogP contribution is -2.04. The molecule has 0 amide bonds. The molecule has 0 radical (unpaired) electrons. The average molecular weight is 288 g/mol. The smallest absolute Gasteiger partial charge is 0.340 e. The van der Waals surface area contributed by atoms with Crippen molar-refractivity contribution in [3.63, 3.8) is 0 Å². The van der Waals surface area contributed by atoms with Crippen LogP contribution in [-0.2, 0) is 4.74 Å². The van der Waals surface area contributed by atoms with Crippen molar-refractivity contribution in [2.45, 2.75) is 0 Å². The molecule has 2 aromatic heterocycles. The molecule has 0 spiro atoms. The fraction of sp³-hybridized carbons (Fsp3) is 0.0714. The maximum Gasteiger partial charge on any atom is 0.340 e. The number of esters is 1. The van der Waals surface area contributed by atoms with Crippen molar-refractivity contribution >= 4 is 5.97 Å². The number of furan rings is 1. The molecule has 3 rings (SSSR count). The van der Waals surface area contributed by atoms with Crippen LogP contribution < -0.4 is 0 Å². The molecule has 6 nitrogen and oxygen atoms in total.